The zero-order chi connectivity index (χ0) is 14.5. The molecule has 0 saturated heterocycles. The summed E-state index contributed by atoms with van der Waals surface area (Å²) in [6.45, 7) is 2.71. The second-order valence-corrected chi connectivity index (χ2v) is 5.64. The van der Waals surface area contributed by atoms with Crippen molar-refractivity contribution in [3.63, 3.8) is 0 Å². The van der Waals surface area contributed by atoms with Crippen LogP contribution in [-0.4, -0.2) is 39.5 Å². The molecule has 1 N–H and O–H groups in total. The van der Waals surface area contributed by atoms with E-state index in [1.807, 2.05) is 23.1 Å². The third-order valence-electron chi connectivity index (χ3n) is 4.34. The van der Waals surface area contributed by atoms with Gasteiger partial charge in [-0.25, -0.2) is 0 Å². The van der Waals surface area contributed by atoms with Gasteiger partial charge in [0.25, 0.3) is 0 Å². The van der Waals surface area contributed by atoms with Crippen LogP contribution in [-0.2, 0) is 13.0 Å². The maximum absolute atomic E-state index is 9.41. The van der Waals surface area contributed by atoms with Crippen molar-refractivity contribution in [1.29, 1.82) is 0 Å². The first kappa shape index (κ1) is 14.3. The molecule has 2 aromatic rings. The first-order chi connectivity index (χ1) is 10.4. The van der Waals surface area contributed by atoms with Crippen molar-refractivity contribution in [2.75, 3.05) is 19.7 Å². The summed E-state index contributed by atoms with van der Waals surface area (Å²) < 4.78 is 1.96. The minimum absolute atomic E-state index is 0.206. The summed E-state index contributed by atoms with van der Waals surface area (Å²) in [5, 5.41) is 13.7. The molecule has 0 radical (unpaired) electrons. The first-order valence-corrected chi connectivity index (χ1v) is 7.78. The van der Waals surface area contributed by atoms with E-state index in [0.29, 0.717) is 6.04 Å². The predicted molar refractivity (Wildman–Crippen MR) is 83.0 cm³/mol. The van der Waals surface area contributed by atoms with Crippen LogP contribution in [0.1, 0.15) is 30.0 Å². The maximum Gasteiger partial charge on any atom is 0.0558 e. The Morgan fingerprint density at radius 3 is 2.95 bits per heavy atom. The van der Waals surface area contributed by atoms with E-state index in [9.17, 15) is 5.11 Å². The molecule has 0 aliphatic heterocycles. The Morgan fingerprint density at radius 1 is 1.24 bits per heavy atom. The molecular weight excluding hydrogens is 262 g/mol. The number of hydrogen-bond acceptors (Lipinski definition) is 3. The van der Waals surface area contributed by atoms with Crippen molar-refractivity contribution in [2.45, 2.75) is 31.8 Å². The average molecular weight is 285 g/mol. The fourth-order valence-electron chi connectivity index (χ4n) is 3.32. The fraction of sp³-hybridized carbons (Fsp3) is 0.471. The van der Waals surface area contributed by atoms with Crippen molar-refractivity contribution in [2.24, 2.45) is 0 Å². The van der Waals surface area contributed by atoms with Crippen LogP contribution < -0.4 is 0 Å². The molecular formula is C17H23N3O. The van der Waals surface area contributed by atoms with Gasteiger partial charge in [0.1, 0.15) is 0 Å². The van der Waals surface area contributed by atoms with Crippen molar-refractivity contribution in [3.8, 4) is 0 Å². The fourth-order valence-corrected chi connectivity index (χ4v) is 3.32. The van der Waals surface area contributed by atoms with E-state index in [2.05, 4.69) is 34.3 Å². The molecule has 1 heterocycles. The molecule has 1 aromatic carbocycles. The number of fused-ring (bicyclic) bond motifs is 1. The Bertz CT molecular complexity index is 553. The normalized spacial score (nSPS) is 17.9. The highest BCUT2D eigenvalue weighted by molar-refractivity contribution is 5.32. The Morgan fingerprint density at radius 2 is 2.14 bits per heavy atom. The summed E-state index contributed by atoms with van der Waals surface area (Å²) >= 11 is 0. The van der Waals surface area contributed by atoms with Gasteiger partial charge in [-0.15, -0.1) is 0 Å². The number of aliphatic hydroxyl groups excluding tert-OH is 1. The number of rotatable bonds is 6. The topological polar surface area (TPSA) is 41.3 Å². The molecule has 4 nitrogen and oxygen atoms in total. The third-order valence-corrected chi connectivity index (χ3v) is 4.34. The number of benzene rings is 1. The molecule has 0 bridgehead atoms. The molecule has 0 fully saturated rings. The lowest BCUT2D eigenvalue weighted by atomic mass is 9.87. The largest absolute Gasteiger partial charge is 0.395 e. The highest BCUT2D eigenvalue weighted by Gasteiger charge is 2.25. The highest BCUT2D eigenvalue weighted by atomic mass is 16.3. The van der Waals surface area contributed by atoms with Gasteiger partial charge in [-0.1, -0.05) is 24.3 Å². The summed E-state index contributed by atoms with van der Waals surface area (Å²) in [6, 6.07) is 11.1. The summed E-state index contributed by atoms with van der Waals surface area (Å²) in [7, 11) is 0. The van der Waals surface area contributed by atoms with Crippen LogP contribution in [0.3, 0.4) is 0 Å². The van der Waals surface area contributed by atoms with Gasteiger partial charge in [-0.2, -0.15) is 5.10 Å². The Hall–Kier alpha value is -1.65. The Kier molecular flexibility index (Phi) is 4.68. The van der Waals surface area contributed by atoms with Gasteiger partial charge in [0, 0.05) is 31.5 Å². The Labute approximate surface area is 126 Å². The van der Waals surface area contributed by atoms with Crippen molar-refractivity contribution >= 4 is 0 Å². The predicted octanol–water partition coefficient (Wildman–Crippen LogP) is 2.25. The lowest BCUT2D eigenvalue weighted by Gasteiger charge is -2.35. The highest BCUT2D eigenvalue weighted by Crippen LogP contribution is 2.33. The standard InChI is InChI=1S/C17H23N3O/c21-14-13-19(11-12-20-10-4-9-18-20)17-8-3-6-15-5-1-2-7-16(15)17/h1-2,4-5,7,9-10,17,21H,3,6,8,11-14H2. The van der Waals surface area contributed by atoms with E-state index >= 15 is 0 Å². The minimum atomic E-state index is 0.206. The van der Waals surface area contributed by atoms with Crippen molar-refractivity contribution in [3.05, 3.63) is 53.9 Å². The van der Waals surface area contributed by atoms with Gasteiger partial charge in [-0.05, 0) is 36.5 Å². The monoisotopic (exact) mass is 285 g/mol. The van der Waals surface area contributed by atoms with E-state index in [4.69, 9.17) is 0 Å². The SMILES string of the molecule is OCCN(CCn1cccn1)C1CCCc2ccccc21. The molecule has 112 valence electrons. The Balaban J connectivity index is 1.74. The van der Waals surface area contributed by atoms with Gasteiger partial charge in [-0.3, -0.25) is 9.58 Å². The van der Waals surface area contributed by atoms with Crippen LogP contribution in [0.5, 0.6) is 0 Å². The molecule has 21 heavy (non-hydrogen) atoms. The van der Waals surface area contributed by atoms with Gasteiger partial charge in [0.15, 0.2) is 0 Å². The zero-order valence-electron chi connectivity index (χ0n) is 12.4. The minimum Gasteiger partial charge on any atom is -0.395 e. The van der Waals surface area contributed by atoms with Crippen molar-refractivity contribution < 1.29 is 5.11 Å². The molecule has 4 heteroatoms. The van der Waals surface area contributed by atoms with Crippen LogP contribution in [0, 0.1) is 0 Å². The lowest BCUT2D eigenvalue weighted by molar-refractivity contribution is 0.132. The van der Waals surface area contributed by atoms with E-state index in [-0.39, 0.29) is 6.61 Å². The number of nitrogens with zero attached hydrogens (tertiary/aromatic N) is 3. The van der Waals surface area contributed by atoms with E-state index in [1.54, 1.807) is 0 Å². The second-order valence-electron chi connectivity index (χ2n) is 5.64. The molecule has 1 unspecified atom stereocenters. The van der Waals surface area contributed by atoms with Crippen LogP contribution in [0.4, 0.5) is 0 Å². The van der Waals surface area contributed by atoms with E-state index in [0.717, 1.165) is 19.6 Å². The maximum atomic E-state index is 9.41. The molecule has 3 rings (SSSR count). The molecule has 0 saturated carbocycles. The molecule has 1 aliphatic carbocycles. The van der Waals surface area contributed by atoms with Crippen LogP contribution in [0.25, 0.3) is 0 Å². The van der Waals surface area contributed by atoms with E-state index < -0.39 is 0 Å². The molecule has 0 amide bonds. The summed E-state index contributed by atoms with van der Waals surface area (Å²) in [5.41, 5.74) is 2.91. The lowest BCUT2D eigenvalue weighted by Crippen LogP contribution is -2.36. The van der Waals surface area contributed by atoms with Gasteiger partial charge >= 0.3 is 0 Å². The summed E-state index contributed by atoms with van der Waals surface area (Å²) in [6.07, 6.45) is 7.39. The smallest absolute Gasteiger partial charge is 0.0558 e. The quantitative estimate of drug-likeness (QED) is 0.885. The van der Waals surface area contributed by atoms with E-state index in [1.165, 1.54) is 30.4 Å². The molecule has 1 atom stereocenters. The average Bonchev–Trinajstić information content (AvgIpc) is 3.04. The van der Waals surface area contributed by atoms with Gasteiger partial charge in [0.2, 0.25) is 0 Å². The first-order valence-electron chi connectivity index (χ1n) is 7.78. The summed E-state index contributed by atoms with van der Waals surface area (Å²) in [4.78, 5) is 2.40. The van der Waals surface area contributed by atoms with Gasteiger partial charge in [0.05, 0.1) is 13.2 Å². The van der Waals surface area contributed by atoms with Crippen molar-refractivity contribution in [1.82, 2.24) is 14.7 Å². The molecule has 0 spiro atoms. The molecule has 1 aromatic heterocycles. The second kappa shape index (κ2) is 6.87. The van der Waals surface area contributed by atoms with Crippen LogP contribution in [0.15, 0.2) is 42.7 Å². The third kappa shape index (κ3) is 3.34. The van der Waals surface area contributed by atoms with Crippen LogP contribution >= 0.6 is 0 Å². The number of hydrogen-bond donors (Lipinski definition) is 1. The van der Waals surface area contributed by atoms with Crippen LogP contribution in [0.2, 0.25) is 0 Å². The zero-order valence-corrected chi connectivity index (χ0v) is 12.4. The molecule has 1 aliphatic rings. The van der Waals surface area contributed by atoms with Gasteiger partial charge < -0.3 is 5.11 Å². The number of aryl methyl sites for hydroxylation is 1. The summed E-state index contributed by atoms with van der Waals surface area (Å²) in [5.74, 6) is 0. The number of aliphatic hydroxyl groups is 1. The number of aromatic nitrogens is 2.